The molecule has 0 unspecified atom stereocenters. The first-order valence-corrected chi connectivity index (χ1v) is 13.8. The maximum Gasteiger partial charge on any atom is 0.265 e. The van der Waals surface area contributed by atoms with E-state index in [1.165, 1.54) is 30.5 Å². The Bertz CT molecular complexity index is 1690. The number of aromatic hydroxyl groups is 1. The Hall–Kier alpha value is -3.05. The van der Waals surface area contributed by atoms with Gasteiger partial charge >= 0.3 is 0 Å². The van der Waals surface area contributed by atoms with Crippen molar-refractivity contribution in [3.63, 3.8) is 0 Å². The summed E-state index contributed by atoms with van der Waals surface area (Å²) in [4.78, 5) is 2.98. The molecule has 1 aromatic heterocycles. The molecule has 0 aliphatic rings. The van der Waals surface area contributed by atoms with Crippen molar-refractivity contribution in [2.45, 2.75) is 23.6 Å². The number of hydrogen-bond donors (Lipinski definition) is 3. The highest BCUT2D eigenvalue weighted by Crippen LogP contribution is 2.37. The highest BCUT2D eigenvalue weighted by atomic mass is 35.5. The van der Waals surface area contributed by atoms with Crippen molar-refractivity contribution in [3.8, 4) is 5.75 Å². The second-order valence-corrected chi connectivity index (χ2v) is 11.8. The lowest BCUT2D eigenvalue weighted by molar-refractivity contribution is 0.463. The van der Waals surface area contributed by atoms with E-state index in [1.807, 2.05) is 0 Å². The van der Waals surface area contributed by atoms with Gasteiger partial charge in [-0.05, 0) is 67.4 Å². The molecule has 4 rings (SSSR count). The van der Waals surface area contributed by atoms with Crippen LogP contribution in [0.5, 0.6) is 5.75 Å². The van der Waals surface area contributed by atoms with Crippen LogP contribution >= 0.6 is 23.2 Å². The summed E-state index contributed by atoms with van der Waals surface area (Å²) in [6.07, 6.45) is 1.32. The highest BCUT2D eigenvalue weighted by Gasteiger charge is 2.29. The topological polar surface area (TPSA) is 125 Å². The van der Waals surface area contributed by atoms with Gasteiger partial charge in [0.25, 0.3) is 20.0 Å². The fourth-order valence-electron chi connectivity index (χ4n) is 3.44. The third-order valence-corrected chi connectivity index (χ3v) is 9.00. The van der Waals surface area contributed by atoms with Crippen molar-refractivity contribution in [3.05, 3.63) is 82.0 Å². The Kier molecular flexibility index (Phi) is 6.58. The molecule has 8 nitrogen and oxygen atoms in total. The number of hydrogen-bond acceptors (Lipinski definition) is 6. The van der Waals surface area contributed by atoms with Gasteiger partial charge in [-0.2, -0.15) is 0 Å². The van der Waals surface area contributed by atoms with Gasteiger partial charge in [-0.15, -0.1) is 0 Å². The summed E-state index contributed by atoms with van der Waals surface area (Å²) in [7, 11) is -8.80. The summed E-state index contributed by atoms with van der Waals surface area (Å²) in [6.45, 7) is 3.26. The summed E-state index contributed by atoms with van der Waals surface area (Å²) < 4.78 is 58.3. The lowest BCUT2D eigenvalue weighted by Gasteiger charge is -2.17. The maximum atomic E-state index is 13.4. The molecular formula is C23H19Cl2N3O5S2. The van der Waals surface area contributed by atoms with Crippen molar-refractivity contribution in [2.75, 3.05) is 9.44 Å². The first kappa shape index (κ1) is 25.1. The average Bonchev–Trinajstić information content (AvgIpc) is 2.80. The molecular weight excluding hydrogens is 533 g/mol. The Balaban J connectivity index is 1.90. The Morgan fingerprint density at radius 3 is 1.83 bits per heavy atom. The van der Waals surface area contributed by atoms with Crippen LogP contribution in [0.1, 0.15) is 11.1 Å². The maximum absolute atomic E-state index is 13.4. The van der Waals surface area contributed by atoms with Crippen molar-refractivity contribution in [1.29, 1.82) is 0 Å². The molecule has 35 heavy (non-hydrogen) atoms. The summed E-state index contributed by atoms with van der Waals surface area (Å²) in [5.74, 6) is -0.689. The van der Waals surface area contributed by atoms with Gasteiger partial charge in [0, 0.05) is 21.6 Å². The second-order valence-electron chi connectivity index (χ2n) is 7.66. The molecule has 0 fully saturated rings. The molecule has 0 spiro atoms. The molecule has 3 aromatic carbocycles. The molecule has 182 valence electrons. The minimum absolute atomic E-state index is 0.0371. The summed E-state index contributed by atoms with van der Waals surface area (Å²) in [6, 6.07) is 13.2. The lowest BCUT2D eigenvalue weighted by Crippen LogP contribution is -2.18. The molecule has 0 aliphatic heterocycles. The molecule has 0 saturated heterocycles. The summed E-state index contributed by atoms with van der Waals surface area (Å²) in [5, 5.41) is 11.5. The summed E-state index contributed by atoms with van der Waals surface area (Å²) >= 11 is 12.2. The van der Waals surface area contributed by atoms with E-state index in [1.54, 1.807) is 38.1 Å². The quantitative estimate of drug-likeness (QED) is 0.292. The van der Waals surface area contributed by atoms with E-state index in [0.717, 1.165) is 6.07 Å². The zero-order valence-corrected chi connectivity index (χ0v) is 21.5. The molecule has 0 aliphatic carbocycles. The van der Waals surface area contributed by atoms with E-state index in [4.69, 9.17) is 23.2 Å². The number of phenolic OH excluding ortho intramolecular Hbond substituents is 1. The minimum atomic E-state index is -4.46. The minimum Gasteiger partial charge on any atom is -0.504 e. The average molecular weight is 552 g/mol. The first-order chi connectivity index (χ1) is 16.4. The largest absolute Gasteiger partial charge is 0.504 e. The van der Waals surface area contributed by atoms with Crippen LogP contribution in [0.25, 0.3) is 10.9 Å². The normalized spacial score (nSPS) is 12.0. The molecule has 0 bridgehead atoms. The van der Waals surface area contributed by atoms with Crippen LogP contribution in [0.2, 0.25) is 10.0 Å². The second kappa shape index (κ2) is 9.19. The monoisotopic (exact) mass is 551 g/mol. The molecule has 0 saturated carbocycles. The molecule has 4 aromatic rings. The number of anilines is 2. The van der Waals surface area contributed by atoms with Gasteiger partial charge in [0.2, 0.25) is 0 Å². The summed E-state index contributed by atoms with van der Waals surface area (Å²) in [5.41, 5.74) is 1.16. The van der Waals surface area contributed by atoms with Gasteiger partial charge in [0.15, 0.2) is 5.75 Å². The Morgan fingerprint density at radius 1 is 0.771 bits per heavy atom. The Labute approximate surface area is 212 Å². The SMILES string of the molecule is Cc1c(Cl)cccc1NS(=O)(=O)c1cc(S(=O)(=O)Nc2cccc(Cl)c2C)c2cccnc2c1O. The number of sulfonamides is 2. The molecule has 0 amide bonds. The highest BCUT2D eigenvalue weighted by molar-refractivity contribution is 7.93. The molecule has 0 radical (unpaired) electrons. The van der Waals surface area contributed by atoms with Crippen molar-refractivity contribution >= 4 is 65.5 Å². The van der Waals surface area contributed by atoms with Crippen molar-refractivity contribution in [1.82, 2.24) is 4.98 Å². The molecule has 1 heterocycles. The number of fused-ring (bicyclic) bond motifs is 1. The van der Waals surface area contributed by atoms with Crippen LogP contribution in [-0.2, 0) is 20.0 Å². The third-order valence-electron chi connectivity index (χ3n) is 5.40. The number of aromatic nitrogens is 1. The van der Waals surface area contributed by atoms with E-state index < -0.39 is 30.7 Å². The van der Waals surface area contributed by atoms with E-state index in [0.29, 0.717) is 21.2 Å². The first-order valence-electron chi connectivity index (χ1n) is 10.1. The van der Waals surface area contributed by atoms with Gasteiger partial charge in [-0.25, -0.2) is 16.8 Å². The zero-order valence-electron chi connectivity index (χ0n) is 18.4. The zero-order chi connectivity index (χ0) is 25.5. The van der Waals surface area contributed by atoms with Gasteiger partial charge in [0.05, 0.1) is 16.3 Å². The number of phenols is 1. The van der Waals surface area contributed by atoms with Crippen LogP contribution in [0.4, 0.5) is 11.4 Å². The van der Waals surface area contributed by atoms with Crippen LogP contribution in [0, 0.1) is 13.8 Å². The number of nitrogens with one attached hydrogen (secondary N) is 2. The smallest absolute Gasteiger partial charge is 0.265 e. The number of pyridine rings is 1. The van der Waals surface area contributed by atoms with Crippen molar-refractivity contribution in [2.24, 2.45) is 0 Å². The van der Waals surface area contributed by atoms with E-state index in [-0.39, 0.29) is 27.2 Å². The standard InChI is InChI=1S/C23H19Cl2N3O5S2/c1-13-16(24)7-3-9-18(13)27-34(30,31)20-12-21(23(29)22-15(20)6-5-11-26-22)35(32,33)28-19-10-4-8-17(25)14(19)2/h3-12,27-29H,1-2H3. The van der Waals surface area contributed by atoms with E-state index >= 15 is 0 Å². The van der Waals surface area contributed by atoms with Gasteiger partial charge in [-0.1, -0.05) is 35.3 Å². The lowest BCUT2D eigenvalue weighted by atomic mass is 10.2. The van der Waals surface area contributed by atoms with E-state index in [9.17, 15) is 21.9 Å². The van der Waals surface area contributed by atoms with Gasteiger partial charge in [-0.3, -0.25) is 14.4 Å². The van der Waals surface area contributed by atoms with Gasteiger partial charge < -0.3 is 5.11 Å². The number of nitrogens with zero attached hydrogens (tertiary/aromatic N) is 1. The number of halogens is 2. The van der Waals surface area contributed by atoms with Crippen LogP contribution < -0.4 is 9.44 Å². The predicted molar refractivity (Wildman–Crippen MR) is 137 cm³/mol. The van der Waals surface area contributed by atoms with Gasteiger partial charge in [0.1, 0.15) is 10.4 Å². The molecule has 12 heteroatoms. The van der Waals surface area contributed by atoms with E-state index in [2.05, 4.69) is 14.4 Å². The third kappa shape index (κ3) is 4.74. The molecule has 0 atom stereocenters. The van der Waals surface area contributed by atoms with Crippen LogP contribution in [0.3, 0.4) is 0 Å². The Morgan fingerprint density at radius 2 is 1.29 bits per heavy atom. The fourth-order valence-corrected chi connectivity index (χ4v) is 6.45. The predicted octanol–water partition coefficient (Wildman–Crippen LogP) is 5.47. The van der Waals surface area contributed by atoms with Crippen molar-refractivity contribution < 1.29 is 21.9 Å². The molecule has 3 N–H and O–H groups in total. The number of rotatable bonds is 6. The number of benzene rings is 3. The fraction of sp³-hybridized carbons (Fsp3) is 0.0870. The van der Waals surface area contributed by atoms with Crippen LogP contribution in [0.15, 0.2) is 70.6 Å². The van der Waals surface area contributed by atoms with Crippen LogP contribution in [-0.4, -0.2) is 26.9 Å².